The SMILES string of the molecule is CC1(NCC2CC23CCNCC3)CCCCC1. The first-order valence-electron chi connectivity index (χ1n) is 7.68. The number of nitrogens with one attached hydrogen (secondary N) is 2. The standard InChI is InChI=1S/C15H28N2/c1-14(5-3-2-4-6-14)17-12-13-11-15(13)7-9-16-10-8-15/h13,16-17H,2-12H2,1H3. The molecule has 0 aromatic rings. The van der Waals surface area contributed by atoms with E-state index in [-0.39, 0.29) is 0 Å². The Labute approximate surface area is 106 Å². The van der Waals surface area contributed by atoms with E-state index in [0.717, 1.165) is 11.3 Å². The second-order valence-electron chi connectivity index (χ2n) is 7.02. The molecular formula is C15H28N2. The van der Waals surface area contributed by atoms with E-state index in [9.17, 15) is 0 Å². The Morgan fingerprint density at radius 2 is 1.76 bits per heavy atom. The highest BCUT2D eigenvalue weighted by molar-refractivity contribution is 5.06. The van der Waals surface area contributed by atoms with Gasteiger partial charge < -0.3 is 10.6 Å². The molecule has 1 aliphatic heterocycles. The van der Waals surface area contributed by atoms with Gasteiger partial charge in [-0.15, -0.1) is 0 Å². The van der Waals surface area contributed by atoms with E-state index < -0.39 is 0 Å². The van der Waals surface area contributed by atoms with Gasteiger partial charge in [-0.25, -0.2) is 0 Å². The van der Waals surface area contributed by atoms with Crippen molar-refractivity contribution in [1.82, 2.24) is 10.6 Å². The second-order valence-corrected chi connectivity index (χ2v) is 7.02. The summed E-state index contributed by atoms with van der Waals surface area (Å²) < 4.78 is 0. The van der Waals surface area contributed by atoms with Crippen molar-refractivity contribution < 1.29 is 0 Å². The summed E-state index contributed by atoms with van der Waals surface area (Å²) in [5.41, 5.74) is 1.22. The molecule has 0 aromatic heterocycles. The lowest BCUT2D eigenvalue weighted by atomic mass is 9.83. The summed E-state index contributed by atoms with van der Waals surface area (Å²) in [4.78, 5) is 0. The van der Waals surface area contributed by atoms with E-state index in [1.54, 1.807) is 0 Å². The van der Waals surface area contributed by atoms with Crippen LogP contribution in [0.4, 0.5) is 0 Å². The van der Waals surface area contributed by atoms with Crippen LogP contribution < -0.4 is 10.6 Å². The highest BCUT2D eigenvalue weighted by Crippen LogP contribution is 2.58. The zero-order valence-electron chi connectivity index (χ0n) is 11.4. The second kappa shape index (κ2) is 4.55. The summed E-state index contributed by atoms with van der Waals surface area (Å²) in [7, 11) is 0. The van der Waals surface area contributed by atoms with Gasteiger partial charge >= 0.3 is 0 Å². The van der Waals surface area contributed by atoms with Crippen LogP contribution in [0, 0.1) is 11.3 Å². The molecule has 1 saturated heterocycles. The molecule has 2 heteroatoms. The fourth-order valence-electron chi connectivity index (χ4n) is 4.14. The fraction of sp³-hybridized carbons (Fsp3) is 1.00. The number of rotatable bonds is 3. The fourth-order valence-corrected chi connectivity index (χ4v) is 4.14. The van der Waals surface area contributed by atoms with Crippen LogP contribution in [-0.4, -0.2) is 25.2 Å². The minimum absolute atomic E-state index is 0.467. The largest absolute Gasteiger partial charge is 0.317 e. The first kappa shape index (κ1) is 12.0. The Kier molecular flexibility index (Phi) is 3.20. The van der Waals surface area contributed by atoms with Crippen LogP contribution >= 0.6 is 0 Å². The lowest BCUT2D eigenvalue weighted by Gasteiger charge is -2.35. The predicted octanol–water partition coefficient (Wildman–Crippen LogP) is 2.69. The van der Waals surface area contributed by atoms with Crippen molar-refractivity contribution in [2.75, 3.05) is 19.6 Å². The molecule has 2 nitrogen and oxygen atoms in total. The van der Waals surface area contributed by atoms with Gasteiger partial charge in [0.2, 0.25) is 0 Å². The van der Waals surface area contributed by atoms with E-state index >= 15 is 0 Å². The van der Waals surface area contributed by atoms with Gasteiger partial charge in [0.1, 0.15) is 0 Å². The van der Waals surface area contributed by atoms with E-state index in [4.69, 9.17) is 0 Å². The smallest absolute Gasteiger partial charge is 0.0153 e. The highest BCUT2D eigenvalue weighted by Gasteiger charge is 2.53. The van der Waals surface area contributed by atoms with E-state index in [2.05, 4.69) is 17.6 Å². The molecule has 2 saturated carbocycles. The Morgan fingerprint density at radius 1 is 1.06 bits per heavy atom. The van der Waals surface area contributed by atoms with Crippen molar-refractivity contribution in [1.29, 1.82) is 0 Å². The summed E-state index contributed by atoms with van der Waals surface area (Å²) in [5.74, 6) is 0.989. The summed E-state index contributed by atoms with van der Waals surface area (Å²) >= 11 is 0. The van der Waals surface area contributed by atoms with Crippen LogP contribution in [0.25, 0.3) is 0 Å². The van der Waals surface area contributed by atoms with Gasteiger partial charge in [0.15, 0.2) is 0 Å². The van der Waals surface area contributed by atoms with Crippen molar-refractivity contribution in [3.05, 3.63) is 0 Å². The first-order valence-corrected chi connectivity index (χ1v) is 7.68. The lowest BCUT2D eigenvalue weighted by molar-refractivity contribution is 0.239. The van der Waals surface area contributed by atoms with Gasteiger partial charge in [0, 0.05) is 5.54 Å². The Morgan fingerprint density at radius 3 is 2.47 bits per heavy atom. The van der Waals surface area contributed by atoms with Crippen LogP contribution in [0.2, 0.25) is 0 Å². The molecule has 17 heavy (non-hydrogen) atoms. The molecule has 0 aromatic carbocycles. The molecule has 2 N–H and O–H groups in total. The van der Waals surface area contributed by atoms with Gasteiger partial charge in [-0.1, -0.05) is 19.3 Å². The quantitative estimate of drug-likeness (QED) is 0.787. The topological polar surface area (TPSA) is 24.1 Å². The molecule has 1 heterocycles. The molecule has 1 atom stereocenters. The maximum atomic E-state index is 3.91. The molecule has 0 radical (unpaired) electrons. The average molecular weight is 236 g/mol. The van der Waals surface area contributed by atoms with Crippen molar-refractivity contribution in [2.45, 2.75) is 63.8 Å². The van der Waals surface area contributed by atoms with Crippen LogP contribution in [0.1, 0.15) is 58.3 Å². The molecule has 3 fully saturated rings. The maximum Gasteiger partial charge on any atom is 0.0153 e. The molecule has 98 valence electrons. The van der Waals surface area contributed by atoms with Crippen LogP contribution in [-0.2, 0) is 0 Å². The van der Waals surface area contributed by atoms with E-state index in [1.165, 1.54) is 71.0 Å². The van der Waals surface area contributed by atoms with Gasteiger partial charge in [0.05, 0.1) is 0 Å². The highest BCUT2D eigenvalue weighted by atomic mass is 15.0. The zero-order chi connectivity index (χ0) is 11.8. The minimum atomic E-state index is 0.467. The maximum absolute atomic E-state index is 3.91. The Hall–Kier alpha value is -0.0800. The number of hydrogen-bond acceptors (Lipinski definition) is 2. The van der Waals surface area contributed by atoms with E-state index in [1.807, 2.05) is 0 Å². The normalized spacial score (nSPS) is 34.8. The van der Waals surface area contributed by atoms with E-state index in [0.29, 0.717) is 5.54 Å². The van der Waals surface area contributed by atoms with Gasteiger partial charge in [-0.2, -0.15) is 0 Å². The predicted molar refractivity (Wildman–Crippen MR) is 72.1 cm³/mol. The summed E-state index contributed by atoms with van der Waals surface area (Å²) in [6, 6.07) is 0. The molecular weight excluding hydrogens is 208 g/mol. The Balaban J connectivity index is 1.46. The number of piperidine rings is 1. The monoisotopic (exact) mass is 236 g/mol. The van der Waals surface area contributed by atoms with Gasteiger partial charge in [-0.05, 0) is 70.0 Å². The van der Waals surface area contributed by atoms with Crippen molar-refractivity contribution in [3.8, 4) is 0 Å². The van der Waals surface area contributed by atoms with Crippen molar-refractivity contribution in [2.24, 2.45) is 11.3 Å². The Bertz CT molecular complexity index is 262. The molecule has 0 amide bonds. The van der Waals surface area contributed by atoms with Crippen LogP contribution in [0.15, 0.2) is 0 Å². The minimum Gasteiger partial charge on any atom is -0.317 e. The molecule has 3 aliphatic rings. The van der Waals surface area contributed by atoms with Gasteiger partial charge in [-0.3, -0.25) is 0 Å². The summed E-state index contributed by atoms with van der Waals surface area (Å²) in [6.07, 6.45) is 11.5. The third-order valence-electron chi connectivity index (χ3n) is 5.69. The molecule has 1 unspecified atom stereocenters. The molecule has 1 spiro atoms. The molecule has 0 bridgehead atoms. The third-order valence-corrected chi connectivity index (χ3v) is 5.69. The first-order chi connectivity index (χ1) is 8.23. The zero-order valence-corrected chi connectivity index (χ0v) is 11.4. The van der Waals surface area contributed by atoms with Crippen LogP contribution in [0.5, 0.6) is 0 Å². The lowest BCUT2D eigenvalue weighted by Crippen LogP contribution is -2.45. The summed E-state index contributed by atoms with van der Waals surface area (Å²) in [6.45, 7) is 6.25. The molecule has 2 aliphatic carbocycles. The third kappa shape index (κ3) is 2.53. The van der Waals surface area contributed by atoms with Crippen LogP contribution in [0.3, 0.4) is 0 Å². The van der Waals surface area contributed by atoms with Crippen molar-refractivity contribution >= 4 is 0 Å². The summed E-state index contributed by atoms with van der Waals surface area (Å²) in [5, 5.41) is 7.40. The average Bonchev–Trinajstić information content (AvgIpc) is 3.01. The van der Waals surface area contributed by atoms with Crippen molar-refractivity contribution in [3.63, 3.8) is 0 Å². The molecule has 3 rings (SSSR count). The van der Waals surface area contributed by atoms with Gasteiger partial charge in [0.25, 0.3) is 0 Å². The number of hydrogen-bond donors (Lipinski definition) is 2.